The molecular formula is C12H26N2O. The minimum absolute atomic E-state index is 0.112. The van der Waals surface area contributed by atoms with Crippen LogP contribution in [0.1, 0.15) is 34.1 Å². The zero-order valence-electron chi connectivity index (χ0n) is 10.8. The summed E-state index contributed by atoms with van der Waals surface area (Å²) >= 11 is 0. The Bertz CT molecular complexity index is 218. The lowest BCUT2D eigenvalue weighted by Gasteiger charge is -2.41. The standard InChI is InChI=1S/C12H26N2O/c1-6-11(2,3)14(5)8-12(4)9-15-7-10(12)13/h10H,6-9,13H2,1-5H3. The van der Waals surface area contributed by atoms with Gasteiger partial charge < -0.3 is 15.4 Å². The molecule has 0 bridgehead atoms. The zero-order valence-corrected chi connectivity index (χ0v) is 10.8. The molecule has 2 atom stereocenters. The molecule has 0 saturated carbocycles. The molecule has 1 rings (SSSR count). The average molecular weight is 214 g/mol. The van der Waals surface area contributed by atoms with Gasteiger partial charge in [-0.1, -0.05) is 13.8 Å². The third kappa shape index (κ3) is 2.71. The van der Waals surface area contributed by atoms with Gasteiger partial charge in [0.1, 0.15) is 0 Å². The van der Waals surface area contributed by atoms with Gasteiger partial charge in [0, 0.05) is 23.5 Å². The molecular weight excluding hydrogens is 188 g/mol. The molecule has 2 unspecified atom stereocenters. The van der Waals surface area contributed by atoms with Crippen LogP contribution in [-0.2, 0) is 4.74 Å². The first-order chi connectivity index (χ1) is 6.82. The van der Waals surface area contributed by atoms with Crippen molar-refractivity contribution in [3.05, 3.63) is 0 Å². The van der Waals surface area contributed by atoms with Crippen molar-refractivity contribution in [2.75, 3.05) is 26.8 Å². The first-order valence-corrected chi connectivity index (χ1v) is 5.86. The van der Waals surface area contributed by atoms with E-state index in [0.29, 0.717) is 6.61 Å². The van der Waals surface area contributed by atoms with Gasteiger partial charge in [0.2, 0.25) is 0 Å². The van der Waals surface area contributed by atoms with Crippen molar-refractivity contribution in [3.63, 3.8) is 0 Å². The van der Waals surface area contributed by atoms with E-state index in [4.69, 9.17) is 10.5 Å². The summed E-state index contributed by atoms with van der Waals surface area (Å²) in [5.41, 5.74) is 6.45. The minimum Gasteiger partial charge on any atom is -0.379 e. The van der Waals surface area contributed by atoms with E-state index in [1.165, 1.54) is 0 Å². The molecule has 2 N–H and O–H groups in total. The smallest absolute Gasteiger partial charge is 0.0624 e. The Kier molecular flexibility index (Phi) is 3.80. The van der Waals surface area contributed by atoms with Crippen LogP contribution in [0.2, 0.25) is 0 Å². The number of nitrogens with two attached hydrogens (primary N) is 1. The zero-order chi connectivity index (χ0) is 11.7. The highest BCUT2D eigenvalue weighted by atomic mass is 16.5. The summed E-state index contributed by atoms with van der Waals surface area (Å²) in [6, 6.07) is 0.174. The first-order valence-electron chi connectivity index (χ1n) is 5.86. The van der Waals surface area contributed by atoms with Crippen LogP contribution in [-0.4, -0.2) is 43.3 Å². The lowest BCUT2D eigenvalue weighted by molar-refractivity contribution is 0.0735. The number of hydrogen-bond donors (Lipinski definition) is 1. The highest BCUT2D eigenvalue weighted by Gasteiger charge is 2.40. The Morgan fingerprint density at radius 1 is 1.53 bits per heavy atom. The normalized spacial score (nSPS) is 32.6. The Hall–Kier alpha value is -0.120. The summed E-state index contributed by atoms with van der Waals surface area (Å²) in [5.74, 6) is 0. The molecule has 1 aliphatic rings. The molecule has 0 radical (unpaired) electrons. The quantitative estimate of drug-likeness (QED) is 0.770. The van der Waals surface area contributed by atoms with Crippen LogP contribution in [0, 0.1) is 5.41 Å². The monoisotopic (exact) mass is 214 g/mol. The largest absolute Gasteiger partial charge is 0.379 e. The Morgan fingerprint density at radius 2 is 2.13 bits per heavy atom. The molecule has 0 spiro atoms. The molecule has 0 aliphatic carbocycles. The summed E-state index contributed by atoms with van der Waals surface area (Å²) in [7, 11) is 2.18. The van der Waals surface area contributed by atoms with Gasteiger partial charge in [0.25, 0.3) is 0 Å². The van der Waals surface area contributed by atoms with Crippen molar-refractivity contribution in [3.8, 4) is 0 Å². The summed E-state index contributed by atoms with van der Waals surface area (Å²) in [6.45, 7) is 11.5. The molecule has 1 fully saturated rings. The van der Waals surface area contributed by atoms with Crippen LogP contribution in [0.5, 0.6) is 0 Å². The Morgan fingerprint density at radius 3 is 2.53 bits per heavy atom. The van der Waals surface area contributed by atoms with E-state index in [-0.39, 0.29) is 17.0 Å². The molecule has 1 aliphatic heterocycles. The third-order valence-corrected chi connectivity index (χ3v) is 4.12. The molecule has 0 amide bonds. The Balaban J connectivity index is 2.61. The van der Waals surface area contributed by atoms with Crippen LogP contribution in [0.4, 0.5) is 0 Å². The number of hydrogen-bond acceptors (Lipinski definition) is 3. The van der Waals surface area contributed by atoms with Gasteiger partial charge >= 0.3 is 0 Å². The molecule has 0 aromatic heterocycles. The SMILES string of the molecule is CCC(C)(C)N(C)CC1(C)COCC1N. The second kappa shape index (κ2) is 4.40. The summed E-state index contributed by atoms with van der Waals surface area (Å²) < 4.78 is 5.47. The fraction of sp³-hybridized carbons (Fsp3) is 1.00. The average Bonchev–Trinajstić information content (AvgIpc) is 2.47. The maximum atomic E-state index is 6.09. The first kappa shape index (κ1) is 12.9. The number of ether oxygens (including phenoxy) is 1. The molecule has 0 aromatic rings. The van der Waals surface area contributed by atoms with Crippen molar-refractivity contribution in [2.24, 2.45) is 11.1 Å². The molecule has 1 heterocycles. The van der Waals surface area contributed by atoms with Crippen molar-refractivity contribution in [2.45, 2.75) is 45.7 Å². The maximum absolute atomic E-state index is 6.09. The van der Waals surface area contributed by atoms with Crippen LogP contribution in [0.25, 0.3) is 0 Å². The molecule has 1 saturated heterocycles. The Labute approximate surface area is 94.0 Å². The van der Waals surface area contributed by atoms with Crippen molar-refractivity contribution in [1.29, 1.82) is 0 Å². The summed E-state index contributed by atoms with van der Waals surface area (Å²) in [6.07, 6.45) is 1.15. The van der Waals surface area contributed by atoms with E-state index in [2.05, 4.69) is 39.6 Å². The second-order valence-corrected chi connectivity index (χ2v) is 5.80. The molecule has 0 aromatic carbocycles. The number of nitrogens with zero attached hydrogens (tertiary/aromatic N) is 1. The molecule has 15 heavy (non-hydrogen) atoms. The predicted octanol–water partition coefficient (Wildman–Crippen LogP) is 1.47. The number of rotatable bonds is 4. The molecule has 3 heteroatoms. The minimum atomic E-state index is 0.112. The van der Waals surface area contributed by atoms with E-state index in [1.54, 1.807) is 0 Å². The van der Waals surface area contributed by atoms with Crippen LogP contribution in [0.3, 0.4) is 0 Å². The lowest BCUT2D eigenvalue weighted by atomic mass is 9.84. The van der Waals surface area contributed by atoms with Crippen LogP contribution in [0.15, 0.2) is 0 Å². The van der Waals surface area contributed by atoms with Crippen LogP contribution < -0.4 is 5.73 Å². The molecule has 90 valence electrons. The fourth-order valence-corrected chi connectivity index (χ4v) is 1.92. The van der Waals surface area contributed by atoms with Gasteiger partial charge in [-0.25, -0.2) is 0 Å². The van der Waals surface area contributed by atoms with E-state index in [0.717, 1.165) is 19.6 Å². The fourth-order valence-electron chi connectivity index (χ4n) is 1.92. The maximum Gasteiger partial charge on any atom is 0.0624 e. The van der Waals surface area contributed by atoms with Gasteiger partial charge in [0.05, 0.1) is 13.2 Å². The van der Waals surface area contributed by atoms with Gasteiger partial charge in [-0.3, -0.25) is 0 Å². The van der Waals surface area contributed by atoms with E-state index in [1.807, 2.05) is 0 Å². The highest BCUT2D eigenvalue weighted by Crippen LogP contribution is 2.30. The van der Waals surface area contributed by atoms with Gasteiger partial charge in [-0.2, -0.15) is 0 Å². The van der Waals surface area contributed by atoms with E-state index in [9.17, 15) is 0 Å². The van der Waals surface area contributed by atoms with Crippen LogP contribution >= 0.6 is 0 Å². The van der Waals surface area contributed by atoms with Gasteiger partial charge in [-0.05, 0) is 27.3 Å². The summed E-state index contributed by atoms with van der Waals surface area (Å²) in [5, 5.41) is 0. The highest BCUT2D eigenvalue weighted by molar-refractivity contribution is 4.94. The van der Waals surface area contributed by atoms with Crippen molar-refractivity contribution in [1.82, 2.24) is 4.90 Å². The predicted molar refractivity (Wildman–Crippen MR) is 63.9 cm³/mol. The summed E-state index contributed by atoms with van der Waals surface area (Å²) in [4.78, 5) is 2.40. The van der Waals surface area contributed by atoms with E-state index < -0.39 is 0 Å². The topological polar surface area (TPSA) is 38.5 Å². The third-order valence-electron chi connectivity index (χ3n) is 4.12. The van der Waals surface area contributed by atoms with Gasteiger partial charge in [-0.15, -0.1) is 0 Å². The molecule has 3 nitrogen and oxygen atoms in total. The second-order valence-electron chi connectivity index (χ2n) is 5.80. The van der Waals surface area contributed by atoms with Gasteiger partial charge in [0.15, 0.2) is 0 Å². The van der Waals surface area contributed by atoms with E-state index >= 15 is 0 Å². The lowest BCUT2D eigenvalue weighted by Crippen LogP contribution is -2.51. The van der Waals surface area contributed by atoms with Crippen molar-refractivity contribution >= 4 is 0 Å². The van der Waals surface area contributed by atoms with Crippen molar-refractivity contribution < 1.29 is 4.74 Å².